The maximum atomic E-state index is 12.9. The van der Waals surface area contributed by atoms with Crippen molar-refractivity contribution in [2.45, 2.75) is 77.5 Å². The van der Waals surface area contributed by atoms with Gasteiger partial charge in [-0.2, -0.15) is 4.31 Å². The van der Waals surface area contributed by atoms with Crippen molar-refractivity contribution < 1.29 is 17.9 Å². The Morgan fingerprint density at radius 2 is 1.81 bits per heavy atom. The van der Waals surface area contributed by atoms with Crippen LogP contribution in [0.15, 0.2) is 23.1 Å². The molecule has 1 aliphatic heterocycles. The largest absolute Gasteiger partial charge is 0.372 e. The number of imidazole rings is 1. The minimum absolute atomic E-state index is 0.0403. The molecule has 1 aliphatic rings. The van der Waals surface area contributed by atoms with Gasteiger partial charge in [-0.05, 0) is 38.5 Å². The van der Waals surface area contributed by atoms with Crippen LogP contribution in [0.25, 0.3) is 11.0 Å². The second-order valence-corrected chi connectivity index (χ2v) is 10.4. The smallest absolute Gasteiger partial charge is 0.243 e. The van der Waals surface area contributed by atoms with E-state index in [1.807, 2.05) is 38.7 Å². The van der Waals surface area contributed by atoms with Crippen LogP contribution in [0.2, 0.25) is 0 Å². The number of fused-ring (bicyclic) bond motifs is 1. The SMILES string of the molecule is CCCn1c(CCC(=O)N2CC(C)OC(C)C2)nc2cc(S(=O)(=O)N(CC)CC)ccc21. The molecule has 0 bridgehead atoms. The number of hydrogen-bond acceptors (Lipinski definition) is 5. The first kappa shape index (κ1) is 24.7. The summed E-state index contributed by atoms with van der Waals surface area (Å²) in [5.74, 6) is 0.925. The molecule has 1 aromatic carbocycles. The van der Waals surface area contributed by atoms with Gasteiger partial charge in [0, 0.05) is 45.6 Å². The average Bonchev–Trinajstić information content (AvgIpc) is 3.09. The van der Waals surface area contributed by atoms with E-state index in [2.05, 4.69) is 11.5 Å². The summed E-state index contributed by atoms with van der Waals surface area (Å²) in [5, 5.41) is 0. The van der Waals surface area contributed by atoms with Gasteiger partial charge in [0.25, 0.3) is 0 Å². The molecule has 0 spiro atoms. The number of rotatable bonds is 9. The van der Waals surface area contributed by atoms with Crippen LogP contribution in [-0.2, 0) is 32.5 Å². The van der Waals surface area contributed by atoms with E-state index in [1.165, 1.54) is 4.31 Å². The number of aryl methyl sites for hydroxylation is 2. The highest BCUT2D eigenvalue weighted by Gasteiger charge is 2.26. The van der Waals surface area contributed by atoms with Gasteiger partial charge in [-0.15, -0.1) is 0 Å². The molecule has 0 radical (unpaired) electrons. The van der Waals surface area contributed by atoms with E-state index in [1.54, 1.807) is 12.1 Å². The molecular weight excluding hydrogens is 428 g/mol. The number of benzene rings is 1. The van der Waals surface area contributed by atoms with Crippen LogP contribution in [0, 0.1) is 0 Å². The number of carbonyl (C=O) groups is 1. The number of carbonyl (C=O) groups excluding carboxylic acids is 1. The number of amides is 1. The number of hydrogen-bond donors (Lipinski definition) is 0. The highest BCUT2D eigenvalue weighted by atomic mass is 32.2. The number of morpholine rings is 1. The first-order valence-corrected chi connectivity index (χ1v) is 13.1. The third kappa shape index (κ3) is 5.15. The Kier molecular flexibility index (Phi) is 7.95. The monoisotopic (exact) mass is 464 g/mol. The Bertz CT molecular complexity index is 1040. The van der Waals surface area contributed by atoms with Crippen molar-refractivity contribution in [1.29, 1.82) is 0 Å². The predicted molar refractivity (Wildman–Crippen MR) is 125 cm³/mol. The molecule has 3 rings (SSSR count). The Labute approximate surface area is 191 Å². The minimum Gasteiger partial charge on any atom is -0.372 e. The third-order valence-electron chi connectivity index (χ3n) is 5.92. The van der Waals surface area contributed by atoms with Gasteiger partial charge >= 0.3 is 0 Å². The van der Waals surface area contributed by atoms with Gasteiger partial charge in [-0.3, -0.25) is 4.79 Å². The summed E-state index contributed by atoms with van der Waals surface area (Å²) in [5.41, 5.74) is 1.56. The van der Waals surface area contributed by atoms with Crippen molar-refractivity contribution >= 4 is 27.0 Å². The van der Waals surface area contributed by atoms with E-state index in [9.17, 15) is 13.2 Å². The molecule has 0 saturated carbocycles. The highest BCUT2D eigenvalue weighted by Crippen LogP contribution is 2.24. The summed E-state index contributed by atoms with van der Waals surface area (Å²) in [6.07, 6.45) is 1.89. The quantitative estimate of drug-likeness (QED) is 0.569. The predicted octanol–water partition coefficient (Wildman–Crippen LogP) is 3.05. The lowest BCUT2D eigenvalue weighted by molar-refractivity contribution is -0.143. The van der Waals surface area contributed by atoms with Crippen molar-refractivity contribution in [3.05, 3.63) is 24.0 Å². The molecular formula is C23H36N4O4S. The van der Waals surface area contributed by atoms with E-state index < -0.39 is 10.0 Å². The first-order valence-electron chi connectivity index (χ1n) is 11.6. The summed E-state index contributed by atoms with van der Waals surface area (Å²) < 4.78 is 35.1. The zero-order valence-corrected chi connectivity index (χ0v) is 20.7. The average molecular weight is 465 g/mol. The molecule has 1 fully saturated rings. The topological polar surface area (TPSA) is 84.7 Å². The first-order chi connectivity index (χ1) is 15.2. The van der Waals surface area contributed by atoms with E-state index in [4.69, 9.17) is 9.72 Å². The molecule has 1 amide bonds. The van der Waals surface area contributed by atoms with Crippen LogP contribution in [-0.4, -0.2) is 71.5 Å². The van der Waals surface area contributed by atoms with Crippen LogP contribution in [0.4, 0.5) is 0 Å². The number of nitrogens with zero attached hydrogens (tertiary/aromatic N) is 4. The zero-order chi connectivity index (χ0) is 23.5. The van der Waals surface area contributed by atoms with Crippen molar-refractivity contribution in [1.82, 2.24) is 18.8 Å². The van der Waals surface area contributed by atoms with Gasteiger partial charge in [0.15, 0.2) is 0 Å². The van der Waals surface area contributed by atoms with Crippen LogP contribution in [0.5, 0.6) is 0 Å². The molecule has 9 heteroatoms. The molecule has 2 aromatic rings. The van der Waals surface area contributed by atoms with Gasteiger partial charge in [0.05, 0.1) is 28.1 Å². The van der Waals surface area contributed by atoms with Crippen LogP contribution < -0.4 is 0 Å². The van der Waals surface area contributed by atoms with Gasteiger partial charge in [-0.1, -0.05) is 20.8 Å². The number of sulfonamides is 1. The standard InChI is InChI=1S/C23H36N4O4S/c1-6-13-27-21-10-9-19(32(29,30)26(7-2)8-3)14-20(21)24-22(27)11-12-23(28)25-15-17(4)31-18(5)16-25/h9-10,14,17-18H,6-8,11-13,15-16H2,1-5H3. The maximum absolute atomic E-state index is 12.9. The van der Waals surface area contributed by atoms with Crippen LogP contribution in [0.3, 0.4) is 0 Å². The Morgan fingerprint density at radius 1 is 1.16 bits per heavy atom. The van der Waals surface area contributed by atoms with Crippen molar-refractivity contribution in [3.8, 4) is 0 Å². The van der Waals surface area contributed by atoms with Crippen LogP contribution >= 0.6 is 0 Å². The van der Waals surface area contributed by atoms with Crippen molar-refractivity contribution in [3.63, 3.8) is 0 Å². The minimum atomic E-state index is -3.55. The zero-order valence-electron chi connectivity index (χ0n) is 19.9. The molecule has 32 heavy (non-hydrogen) atoms. The van der Waals surface area contributed by atoms with E-state index in [0.717, 1.165) is 24.3 Å². The van der Waals surface area contributed by atoms with E-state index >= 15 is 0 Å². The summed E-state index contributed by atoms with van der Waals surface area (Å²) >= 11 is 0. The Balaban J connectivity index is 1.85. The van der Waals surface area contributed by atoms with Gasteiger partial charge in [0.1, 0.15) is 5.82 Å². The summed E-state index contributed by atoms with van der Waals surface area (Å²) in [4.78, 5) is 19.7. The molecule has 2 unspecified atom stereocenters. The summed E-state index contributed by atoms with van der Waals surface area (Å²) in [6.45, 7) is 12.6. The fourth-order valence-electron chi connectivity index (χ4n) is 4.45. The lowest BCUT2D eigenvalue weighted by atomic mass is 10.2. The fourth-order valence-corrected chi connectivity index (χ4v) is 5.93. The van der Waals surface area contributed by atoms with E-state index in [-0.39, 0.29) is 23.0 Å². The van der Waals surface area contributed by atoms with Gasteiger partial charge in [0.2, 0.25) is 15.9 Å². The highest BCUT2D eigenvalue weighted by molar-refractivity contribution is 7.89. The molecule has 1 saturated heterocycles. The summed E-state index contributed by atoms with van der Waals surface area (Å²) in [7, 11) is -3.55. The number of aromatic nitrogens is 2. The normalized spacial score (nSPS) is 19.8. The third-order valence-corrected chi connectivity index (χ3v) is 7.97. The van der Waals surface area contributed by atoms with E-state index in [0.29, 0.717) is 44.5 Å². The van der Waals surface area contributed by atoms with Crippen molar-refractivity contribution in [2.24, 2.45) is 0 Å². The lowest BCUT2D eigenvalue weighted by Crippen LogP contribution is -2.48. The molecule has 178 valence electrons. The molecule has 0 N–H and O–H groups in total. The fraction of sp³-hybridized carbons (Fsp3) is 0.652. The Hall–Kier alpha value is -1.97. The van der Waals surface area contributed by atoms with Gasteiger partial charge < -0.3 is 14.2 Å². The second-order valence-electron chi connectivity index (χ2n) is 8.48. The Morgan fingerprint density at radius 3 is 2.41 bits per heavy atom. The van der Waals surface area contributed by atoms with Crippen LogP contribution in [0.1, 0.15) is 53.3 Å². The lowest BCUT2D eigenvalue weighted by Gasteiger charge is -2.35. The second kappa shape index (κ2) is 10.3. The maximum Gasteiger partial charge on any atom is 0.243 e. The summed E-state index contributed by atoms with van der Waals surface area (Å²) in [6, 6.07) is 5.16. The molecule has 8 nitrogen and oxygen atoms in total. The molecule has 0 aliphatic carbocycles. The molecule has 2 heterocycles. The molecule has 2 atom stereocenters. The number of ether oxygens (including phenoxy) is 1. The van der Waals surface area contributed by atoms with Gasteiger partial charge in [-0.25, -0.2) is 13.4 Å². The molecule has 1 aromatic heterocycles. The van der Waals surface area contributed by atoms with Crippen molar-refractivity contribution in [2.75, 3.05) is 26.2 Å².